The second-order valence-corrected chi connectivity index (χ2v) is 12.0. The first-order valence-electron chi connectivity index (χ1n) is 11.8. The Morgan fingerprint density at radius 3 is 2.26 bits per heavy atom. The summed E-state index contributed by atoms with van der Waals surface area (Å²) in [5.41, 5.74) is 4.94. The highest BCUT2D eigenvalue weighted by molar-refractivity contribution is 6.42. The van der Waals surface area contributed by atoms with Gasteiger partial charge in [-0.2, -0.15) is 10.5 Å². The fourth-order valence-corrected chi connectivity index (χ4v) is 6.85. The van der Waals surface area contributed by atoms with Crippen LogP contribution >= 0.6 is 34.8 Å². The predicted molar refractivity (Wildman–Crippen MR) is 139 cm³/mol. The van der Waals surface area contributed by atoms with Gasteiger partial charge in [0.25, 0.3) is 0 Å². The smallest absolute Gasteiger partial charge is 0.263 e. The Hall–Kier alpha value is -1.79. The van der Waals surface area contributed by atoms with E-state index in [4.69, 9.17) is 39.9 Å². The maximum Gasteiger partial charge on any atom is 0.312 e. The van der Waals surface area contributed by atoms with E-state index in [1.165, 1.54) is 19.3 Å². The zero-order valence-electron chi connectivity index (χ0n) is 19.7. The third kappa shape index (κ3) is 4.21. The van der Waals surface area contributed by atoms with E-state index in [1.54, 1.807) is 12.1 Å². The molecule has 5 nitrogen and oxygen atoms in total. The molecule has 0 radical (unpaired) electrons. The second-order valence-electron chi connectivity index (χ2n) is 10.7. The number of rotatable bonds is 4. The molecule has 3 unspecified atom stereocenters. The maximum atomic E-state index is 13.7. The molecule has 3 aliphatic rings. The van der Waals surface area contributed by atoms with Crippen molar-refractivity contribution in [2.75, 3.05) is 25.1 Å². The van der Waals surface area contributed by atoms with Gasteiger partial charge < -0.3 is 0 Å². The van der Waals surface area contributed by atoms with E-state index < -0.39 is 5.41 Å². The molecule has 0 bridgehead atoms. The molecule has 2 aromatic carbocycles. The first kappa shape index (κ1) is 23.9. The highest BCUT2D eigenvalue weighted by atomic mass is 35.5. The SMILES string of the molecule is CC1(C)C(C(=O)N[N+]2(C)CC3CCCC3C2)=NN(c2ccc(Cl)cc2Cl)C1c1ccc(Cl)cc1. The number of carbonyl (C=O) groups is 1. The van der Waals surface area contributed by atoms with E-state index >= 15 is 0 Å². The van der Waals surface area contributed by atoms with Crippen LogP contribution in [0.5, 0.6) is 0 Å². The summed E-state index contributed by atoms with van der Waals surface area (Å²) in [6, 6.07) is 12.8. The fourth-order valence-electron chi connectivity index (χ4n) is 6.22. The van der Waals surface area contributed by atoms with Crippen LogP contribution in [0.1, 0.15) is 44.7 Å². The number of likely N-dealkylation sites (tertiary alicyclic amines) is 1. The molecule has 180 valence electrons. The fraction of sp³-hybridized carbons (Fsp3) is 0.462. The lowest BCUT2D eigenvalue weighted by Crippen LogP contribution is -2.59. The van der Waals surface area contributed by atoms with Crippen molar-refractivity contribution in [1.29, 1.82) is 0 Å². The Bertz CT molecular complexity index is 1140. The number of hydrogen-bond acceptors (Lipinski definition) is 3. The van der Waals surface area contributed by atoms with Crippen LogP contribution in [0.2, 0.25) is 15.1 Å². The van der Waals surface area contributed by atoms with Gasteiger partial charge >= 0.3 is 5.91 Å². The minimum atomic E-state index is -0.588. The summed E-state index contributed by atoms with van der Waals surface area (Å²) in [5.74, 6) is 1.28. The van der Waals surface area contributed by atoms with Crippen LogP contribution in [0, 0.1) is 17.3 Å². The van der Waals surface area contributed by atoms with Gasteiger partial charge in [-0.05, 0) is 48.7 Å². The van der Waals surface area contributed by atoms with E-state index in [2.05, 4.69) is 26.3 Å². The van der Waals surface area contributed by atoms with Gasteiger partial charge in [0, 0.05) is 27.3 Å². The zero-order valence-corrected chi connectivity index (χ0v) is 22.0. The molecule has 1 saturated carbocycles. The Morgan fingerprint density at radius 1 is 1.03 bits per heavy atom. The number of hydrogen-bond donors (Lipinski definition) is 1. The first-order valence-corrected chi connectivity index (χ1v) is 13.0. The van der Waals surface area contributed by atoms with Crippen LogP contribution in [-0.2, 0) is 4.79 Å². The van der Waals surface area contributed by atoms with Crippen molar-refractivity contribution in [2.24, 2.45) is 22.4 Å². The number of hydrazone groups is 1. The predicted octanol–water partition coefficient (Wildman–Crippen LogP) is 6.50. The van der Waals surface area contributed by atoms with Gasteiger partial charge in [0.1, 0.15) is 18.8 Å². The number of nitrogens with zero attached hydrogens (tertiary/aromatic N) is 3. The van der Waals surface area contributed by atoms with Crippen molar-refractivity contribution >= 4 is 52.1 Å². The van der Waals surface area contributed by atoms with Gasteiger partial charge in [-0.1, -0.05) is 67.2 Å². The topological polar surface area (TPSA) is 44.7 Å². The van der Waals surface area contributed by atoms with Crippen molar-refractivity contribution in [1.82, 2.24) is 5.43 Å². The monoisotopic (exact) mass is 519 g/mol. The zero-order chi connectivity index (χ0) is 24.3. The molecule has 0 spiro atoms. The van der Waals surface area contributed by atoms with E-state index in [0.717, 1.165) is 18.7 Å². The molecule has 1 aliphatic carbocycles. The number of anilines is 1. The summed E-state index contributed by atoms with van der Waals surface area (Å²) in [6.45, 7) is 6.09. The van der Waals surface area contributed by atoms with Gasteiger partial charge in [0.05, 0.1) is 23.8 Å². The van der Waals surface area contributed by atoms with Gasteiger partial charge in [0.2, 0.25) is 0 Å². The standard InChI is InChI=1S/C26H29Cl3N4O/c1-26(2)23(25(34)31-33(3)14-17-5-4-6-18(17)15-33)30-32(22-12-11-20(28)13-21(22)29)24(26)16-7-9-19(27)10-8-16/h7-13,17-18,24H,4-6,14-15H2,1-3H3/p+1. The largest absolute Gasteiger partial charge is 0.312 e. The van der Waals surface area contributed by atoms with Crippen LogP contribution in [0.15, 0.2) is 47.6 Å². The van der Waals surface area contributed by atoms with Crippen molar-refractivity contribution < 1.29 is 9.39 Å². The average molecular weight is 521 g/mol. The van der Waals surface area contributed by atoms with Gasteiger partial charge in [-0.25, -0.2) is 4.59 Å². The van der Waals surface area contributed by atoms with E-state index in [-0.39, 0.29) is 11.9 Å². The molecule has 0 aromatic heterocycles. The van der Waals surface area contributed by atoms with Gasteiger partial charge in [0.15, 0.2) is 0 Å². The number of quaternary nitrogens is 1. The summed E-state index contributed by atoms with van der Waals surface area (Å²) in [7, 11) is 2.13. The maximum absolute atomic E-state index is 13.7. The number of nitrogens with one attached hydrogen (secondary N) is 1. The molecule has 1 saturated heterocycles. The Balaban J connectivity index is 1.51. The molecule has 5 rings (SSSR count). The Kier molecular flexibility index (Phi) is 6.12. The molecule has 2 heterocycles. The molecule has 3 atom stereocenters. The minimum Gasteiger partial charge on any atom is -0.263 e. The van der Waals surface area contributed by atoms with Crippen LogP contribution < -0.4 is 10.4 Å². The second kappa shape index (κ2) is 8.70. The molecular weight excluding hydrogens is 491 g/mol. The molecule has 34 heavy (non-hydrogen) atoms. The normalized spacial score (nSPS) is 29.8. The van der Waals surface area contributed by atoms with Crippen molar-refractivity contribution in [3.8, 4) is 0 Å². The molecule has 2 aromatic rings. The van der Waals surface area contributed by atoms with Crippen molar-refractivity contribution in [2.45, 2.75) is 39.2 Å². The quantitative estimate of drug-likeness (QED) is 0.468. The van der Waals surface area contributed by atoms with Crippen LogP contribution in [-0.4, -0.2) is 36.3 Å². The molecule has 1 amide bonds. The van der Waals surface area contributed by atoms with Gasteiger partial charge in [-0.15, -0.1) is 0 Å². The number of carbonyl (C=O) groups excluding carboxylic acids is 1. The van der Waals surface area contributed by atoms with E-state index in [9.17, 15) is 4.79 Å². The summed E-state index contributed by atoms with van der Waals surface area (Å²) in [6.07, 6.45) is 3.84. The third-order valence-electron chi connectivity index (χ3n) is 7.77. The average Bonchev–Trinajstić information content (AvgIpc) is 3.38. The number of amides is 1. The summed E-state index contributed by atoms with van der Waals surface area (Å²) in [5, 5.41) is 8.45. The lowest BCUT2D eigenvalue weighted by atomic mass is 9.77. The lowest BCUT2D eigenvalue weighted by molar-refractivity contribution is -0.934. The first-order chi connectivity index (χ1) is 16.1. The van der Waals surface area contributed by atoms with Crippen LogP contribution in [0.3, 0.4) is 0 Å². The Labute approximate surface area is 216 Å². The lowest BCUT2D eigenvalue weighted by Gasteiger charge is -2.34. The summed E-state index contributed by atoms with van der Waals surface area (Å²) >= 11 is 18.9. The van der Waals surface area contributed by atoms with Crippen LogP contribution in [0.25, 0.3) is 0 Å². The van der Waals surface area contributed by atoms with E-state index in [0.29, 0.717) is 42.9 Å². The summed E-state index contributed by atoms with van der Waals surface area (Å²) in [4.78, 5) is 13.7. The summed E-state index contributed by atoms with van der Waals surface area (Å²) < 4.78 is 0.566. The Morgan fingerprint density at radius 2 is 1.65 bits per heavy atom. The van der Waals surface area contributed by atoms with E-state index in [1.807, 2.05) is 35.3 Å². The minimum absolute atomic E-state index is 0.126. The molecular formula is C26H30Cl3N4O+. The third-order valence-corrected chi connectivity index (χ3v) is 8.56. The van der Waals surface area contributed by atoms with Crippen molar-refractivity contribution in [3.05, 3.63) is 63.1 Å². The molecule has 8 heteroatoms. The number of benzene rings is 2. The number of fused-ring (bicyclic) bond motifs is 1. The highest BCUT2D eigenvalue weighted by Gasteiger charge is 2.52. The number of halogens is 3. The molecule has 2 aliphatic heterocycles. The van der Waals surface area contributed by atoms with Crippen molar-refractivity contribution in [3.63, 3.8) is 0 Å². The van der Waals surface area contributed by atoms with Gasteiger partial charge in [-0.3, -0.25) is 9.80 Å². The molecule has 1 N–H and O–H groups in total. The van der Waals surface area contributed by atoms with Crippen LogP contribution in [0.4, 0.5) is 5.69 Å². The molecule has 2 fully saturated rings. The highest BCUT2D eigenvalue weighted by Crippen LogP contribution is 2.49.